The molecular weight excluding hydrogens is 507 g/mol. The molecule has 0 aliphatic carbocycles. The van der Waals surface area contributed by atoms with Gasteiger partial charge in [0.15, 0.2) is 11.5 Å². The molecule has 11 heteroatoms. The number of fused-ring (bicyclic) bond motifs is 1. The molecule has 2 heterocycles. The zero-order chi connectivity index (χ0) is 26.4. The smallest absolute Gasteiger partial charge is 0.416 e. The number of carbonyl (C=O) groups excluding carboxylic acids is 2. The number of hydrogen-bond donors (Lipinski definition) is 1. The van der Waals surface area contributed by atoms with E-state index in [0.717, 1.165) is 34.7 Å². The van der Waals surface area contributed by atoms with E-state index in [9.17, 15) is 22.8 Å². The number of anilines is 1. The van der Waals surface area contributed by atoms with Crippen LogP contribution in [0.3, 0.4) is 0 Å². The molecule has 0 unspecified atom stereocenters. The molecule has 0 bridgehead atoms. The van der Waals surface area contributed by atoms with Crippen LogP contribution in [-0.4, -0.2) is 41.6 Å². The predicted molar refractivity (Wildman–Crippen MR) is 133 cm³/mol. The molecule has 3 aromatic rings. The minimum Gasteiger partial charge on any atom is -0.454 e. The summed E-state index contributed by atoms with van der Waals surface area (Å²) in [6, 6.07) is 12.7. The van der Waals surface area contributed by atoms with Crippen molar-refractivity contribution < 1.29 is 32.2 Å². The maximum Gasteiger partial charge on any atom is 0.416 e. The summed E-state index contributed by atoms with van der Waals surface area (Å²) in [6.07, 6.45) is -3.01. The Bertz CT molecular complexity index is 1250. The summed E-state index contributed by atoms with van der Waals surface area (Å²) in [4.78, 5) is 30.1. The van der Waals surface area contributed by atoms with E-state index in [1.165, 1.54) is 22.3 Å². The van der Waals surface area contributed by atoms with Crippen molar-refractivity contribution in [3.8, 4) is 11.5 Å². The Hall–Kier alpha value is -3.99. The SMILES string of the molecule is C=CCN(CC(=O)N(Cc1ccc2c(c1)OCO2)Cc1cccs1)C(=O)Nc1ccc(C(F)(F)F)cc1. The molecule has 2 aromatic carbocycles. The van der Waals surface area contributed by atoms with Gasteiger partial charge in [-0.1, -0.05) is 18.2 Å². The molecule has 1 aliphatic rings. The monoisotopic (exact) mass is 531 g/mol. The molecule has 3 amide bonds. The minimum atomic E-state index is -4.48. The molecule has 0 saturated carbocycles. The second kappa shape index (κ2) is 11.4. The highest BCUT2D eigenvalue weighted by atomic mass is 32.1. The normalized spacial score (nSPS) is 12.2. The Morgan fingerprint density at radius 3 is 2.46 bits per heavy atom. The number of amides is 3. The summed E-state index contributed by atoms with van der Waals surface area (Å²) in [6.45, 7) is 4.21. The Kier molecular flexibility index (Phi) is 8.02. The lowest BCUT2D eigenvalue weighted by atomic mass is 10.2. The Morgan fingerprint density at radius 1 is 1.03 bits per heavy atom. The van der Waals surface area contributed by atoms with Crippen LogP contribution in [0.5, 0.6) is 11.5 Å². The molecule has 0 saturated heterocycles. The van der Waals surface area contributed by atoms with Crippen molar-refractivity contribution >= 4 is 29.0 Å². The zero-order valence-corrected chi connectivity index (χ0v) is 20.5. The first-order valence-electron chi connectivity index (χ1n) is 11.3. The Balaban J connectivity index is 1.47. The minimum absolute atomic E-state index is 0.0646. The van der Waals surface area contributed by atoms with Crippen LogP contribution in [0.15, 0.2) is 72.6 Å². The van der Waals surface area contributed by atoms with Crippen molar-refractivity contribution in [3.05, 3.63) is 88.6 Å². The zero-order valence-electron chi connectivity index (χ0n) is 19.7. The first kappa shape index (κ1) is 26.1. The fraction of sp³-hybridized carbons (Fsp3) is 0.231. The molecule has 1 aliphatic heterocycles. The molecule has 7 nitrogen and oxygen atoms in total. The van der Waals surface area contributed by atoms with Gasteiger partial charge in [0.2, 0.25) is 12.7 Å². The number of alkyl halides is 3. The van der Waals surface area contributed by atoms with E-state index in [1.807, 2.05) is 29.6 Å². The van der Waals surface area contributed by atoms with Crippen LogP contribution in [0.25, 0.3) is 0 Å². The molecule has 0 radical (unpaired) electrons. The number of urea groups is 1. The molecule has 1 aromatic heterocycles. The Labute approximate surface area is 215 Å². The van der Waals surface area contributed by atoms with E-state index >= 15 is 0 Å². The van der Waals surface area contributed by atoms with Crippen LogP contribution in [0, 0.1) is 0 Å². The number of carbonyl (C=O) groups is 2. The van der Waals surface area contributed by atoms with Crippen LogP contribution in [0.1, 0.15) is 16.0 Å². The lowest BCUT2D eigenvalue weighted by molar-refractivity contribution is -0.137. The van der Waals surface area contributed by atoms with Crippen molar-refractivity contribution in [3.63, 3.8) is 0 Å². The third kappa shape index (κ3) is 6.82. The van der Waals surface area contributed by atoms with Gasteiger partial charge in [-0.05, 0) is 53.4 Å². The largest absolute Gasteiger partial charge is 0.454 e. The van der Waals surface area contributed by atoms with Gasteiger partial charge >= 0.3 is 12.2 Å². The van der Waals surface area contributed by atoms with Gasteiger partial charge in [0, 0.05) is 23.7 Å². The van der Waals surface area contributed by atoms with E-state index in [0.29, 0.717) is 18.0 Å². The molecule has 0 spiro atoms. The van der Waals surface area contributed by atoms with Gasteiger partial charge < -0.3 is 24.6 Å². The highest BCUT2D eigenvalue weighted by Crippen LogP contribution is 2.33. The summed E-state index contributed by atoms with van der Waals surface area (Å²) >= 11 is 1.51. The summed E-state index contributed by atoms with van der Waals surface area (Å²) in [5, 5.41) is 4.46. The van der Waals surface area contributed by atoms with Crippen molar-refractivity contribution in [2.75, 3.05) is 25.2 Å². The maximum atomic E-state index is 13.4. The average Bonchev–Trinajstić information content (AvgIpc) is 3.55. The van der Waals surface area contributed by atoms with E-state index in [4.69, 9.17) is 9.47 Å². The van der Waals surface area contributed by atoms with Crippen LogP contribution in [0.2, 0.25) is 0 Å². The van der Waals surface area contributed by atoms with Crippen molar-refractivity contribution in [1.29, 1.82) is 0 Å². The fourth-order valence-corrected chi connectivity index (χ4v) is 4.39. The van der Waals surface area contributed by atoms with E-state index in [-0.39, 0.29) is 38.0 Å². The number of rotatable bonds is 9. The second-order valence-corrected chi connectivity index (χ2v) is 9.22. The first-order valence-corrected chi connectivity index (χ1v) is 12.1. The van der Waals surface area contributed by atoms with Crippen molar-refractivity contribution in [1.82, 2.24) is 9.80 Å². The average molecular weight is 532 g/mol. The predicted octanol–water partition coefficient (Wildman–Crippen LogP) is 5.74. The number of ether oxygens (including phenoxy) is 2. The van der Waals surface area contributed by atoms with E-state index < -0.39 is 17.8 Å². The number of hydrogen-bond acceptors (Lipinski definition) is 5. The fourth-order valence-electron chi connectivity index (χ4n) is 3.67. The van der Waals surface area contributed by atoms with Gasteiger partial charge in [-0.3, -0.25) is 4.79 Å². The van der Waals surface area contributed by atoms with Gasteiger partial charge in [-0.15, -0.1) is 17.9 Å². The van der Waals surface area contributed by atoms with Gasteiger partial charge in [0.1, 0.15) is 6.54 Å². The summed E-state index contributed by atoms with van der Waals surface area (Å²) in [5.74, 6) is 0.928. The summed E-state index contributed by atoms with van der Waals surface area (Å²) in [7, 11) is 0. The Morgan fingerprint density at radius 2 is 1.78 bits per heavy atom. The maximum absolute atomic E-state index is 13.4. The molecule has 4 rings (SSSR count). The van der Waals surface area contributed by atoms with Gasteiger partial charge in [0.05, 0.1) is 12.1 Å². The number of nitrogens with zero attached hydrogens (tertiary/aromatic N) is 2. The topological polar surface area (TPSA) is 71.1 Å². The second-order valence-electron chi connectivity index (χ2n) is 8.19. The molecule has 0 fully saturated rings. The van der Waals surface area contributed by atoms with Gasteiger partial charge in [-0.2, -0.15) is 13.2 Å². The van der Waals surface area contributed by atoms with Gasteiger partial charge in [-0.25, -0.2) is 4.79 Å². The number of thiophene rings is 1. The number of benzene rings is 2. The molecule has 0 atom stereocenters. The molecule has 1 N–H and O–H groups in total. The van der Waals surface area contributed by atoms with Crippen LogP contribution in [0.4, 0.5) is 23.7 Å². The van der Waals surface area contributed by atoms with Crippen molar-refractivity contribution in [2.45, 2.75) is 19.3 Å². The molecule has 194 valence electrons. The summed E-state index contributed by atoms with van der Waals surface area (Å²) in [5.41, 5.74) is 0.185. The third-order valence-corrected chi connectivity index (χ3v) is 6.38. The highest BCUT2D eigenvalue weighted by molar-refractivity contribution is 7.09. The third-order valence-electron chi connectivity index (χ3n) is 5.52. The highest BCUT2D eigenvalue weighted by Gasteiger charge is 2.30. The van der Waals surface area contributed by atoms with Crippen molar-refractivity contribution in [2.24, 2.45) is 0 Å². The quantitative estimate of drug-likeness (QED) is 0.357. The van der Waals surface area contributed by atoms with Crippen LogP contribution < -0.4 is 14.8 Å². The van der Waals surface area contributed by atoms with Crippen LogP contribution >= 0.6 is 11.3 Å². The molecule has 37 heavy (non-hydrogen) atoms. The number of nitrogens with one attached hydrogen (secondary N) is 1. The van der Waals surface area contributed by atoms with Gasteiger partial charge in [0.25, 0.3) is 0 Å². The lowest BCUT2D eigenvalue weighted by Crippen LogP contribution is -2.44. The summed E-state index contributed by atoms with van der Waals surface area (Å²) < 4.78 is 49.3. The molecular formula is C26H24F3N3O4S. The number of halogens is 3. The van der Waals surface area contributed by atoms with E-state index in [2.05, 4.69) is 11.9 Å². The lowest BCUT2D eigenvalue weighted by Gasteiger charge is -2.27. The standard InChI is InChI=1S/C26H24F3N3O4S/c1-2-11-31(25(34)30-20-8-6-19(7-9-20)26(27,28)29)16-24(33)32(15-21-4-3-12-37-21)14-18-5-10-22-23(13-18)36-17-35-22/h2-10,12-13H,1,11,14-17H2,(H,30,34). The van der Waals surface area contributed by atoms with Crippen LogP contribution in [-0.2, 0) is 24.1 Å². The van der Waals surface area contributed by atoms with E-state index in [1.54, 1.807) is 11.0 Å². The first-order chi connectivity index (χ1) is 17.7.